The summed E-state index contributed by atoms with van der Waals surface area (Å²) in [5.74, 6) is 0.932. The lowest BCUT2D eigenvalue weighted by Gasteiger charge is -2.33. The average Bonchev–Trinajstić information content (AvgIpc) is 3.12. The monoisotopic (exact) mass is 343 g/mol. The first-order chi connectivity index (χ1) is 12.0. The maximum absolute atomic E-state index is 12.7. The smallest absolute Gasteiger partial charge is 0.318 e. The Kier molecular flexibility index (Phi) is 4.92. The van der Waals surface area contributed by atoms with Gasteiger partial charge in [0, 0.05) is 57.4 Å². The molecular formula is C18H25N5O2. The van der Waals surface area contributed by atoms with Crippen molar-refractivity contribution in [2.24, 2.45) is 0 Å². The van der Waals surface area contributed by atoms with Crippen molar-refractivity contribution in [3.63, 3.8) is 0 Å². The second kappa shape index (κ2) is 7.13. The molecule has 7 heteroatoms. The molecule has 0 unspecified atom stereocenters. The maximum Gasteiger partial charge on any atom is 0.318 e. The molecule has 1 aromatic heterocycles. The number of hydrogen-bond acceptors (Lipinski definition) is 6. The SMILES string of the molecule is CC(C)c1nnc(N2CCN(C(=O)c3ccc(N(C)C)cc3)CC2)o1. The molecule has 0 N–H and O–H groups in total. The van der Waals surface area contributed by atoms with E-state index in [9.17, 15) is 4.79 Å². The number of piperazine rings is 1. The normalized spacial score (nSPS) is 14.9. The zero-order valence-corrected chi connectivity index (χ0v) is 15.3. The summed E-state index contributed by atoms with van der Waals surface area (Å²) in [4.78, 5) is 18.6. The molecule has 1 aliphatic rings. The van der Waals surface area contributed by atoms with Gasteiger partial charge in [0.1, 0.15) is 0 Å². The second-order valence-electron chi connectivity index (χ2n) is 6.80. The number of benzene rings is 1. The van der Waals surface area contributed by atoms with Crippen molar-refractivity contribution in [2.45, 2.75) is 19.8 Å². The number of nitrogens with zero attached hydrogens (tertiary/aromatic N) is 5. The number of aromatic nitrogens is 2. The topological polar surface area (TPSA) is 65.7 Å². The third-order valence-electron chi connectivity index (χ3n) is 4.39. The van der Waals surface area contributed by atoms with Crippen molar-refractivity contribution in [1.82, 2.24) is 15.1 Å². The van der Waals surface area contributed by atoms with Crippen LogP contribution in [0.25, 0.3) is 0 Å². The van der Waals surface area contributed by atoms with E-state index < -0.39 is 0 Å². The molecule has 0 spiro atoms. The highest BCUT2D eigenvalue weighted by Crippen LogP contribution is 2.20. The standard InChI is InChI=1S/C18H25N5O2/c1-13(2)16-19-20-18(25-16)23-11-9-22(10-12-23)17(24)14-5-7-15(8-6-14)21(3)4/h5-8,13H,9-12H2,1-4H3. The lowest BCUT2D eigenvalue weighted by Crippen LogP contribution is -2.48. The van der Waals surface area contributed by atoms with Gasteiger partial charge in [-0.15, -0.1) is 5.10 Å². The van der Waals surface area contributed by atoms with E-state index in [-0.39, 0.29) is 11.8 Å². The highest BCUT2D eigenvalue weighted by molar-refractivity contribution is 5.94. The van der Waals surface area contributed by atoms with Gasteiger partial charge in [0.2, 0.25) is 5.89 Å². The molecule has 0 aliphatic carbocycles. The minimum atomic E-state index is 0.0679. The molecule has 0 radical (unpaired) electrons. The summed E-state index contributed by atoms with van der Waals surface area (Å²) >= 11 is 0. The van der Waals surface area contributed by atoms with E-state index in [4.69, 9.17) is 4.42 Å². The van der Waals surface area contributed by atoms with Crippen molar-refractivity contribution in [3.8, 4) is 0 Å². The quantitative estimate of drug-likeness (QED) is 0.848. The number of carbonyl (C=O) groups excluding carboxylic acids is 1. The van der Waals surface area contributed by atoms with Gasteiger partial charge in [-0.1, -0.05) is 18.9 Å². The van der Waals surface area contributed by atoms with Crippen LogP contribution in [-0.2, 0) is 0 Å². The minimum Gasteiger partial charge on any atom is -0.408 e. The molecule has 3 rings (SSSR count). The van der Waals surface area contributed by atoms with Crippen LogP contribution in [0.2, 0.25) is 0 Å². The van der Waals surface area contributed by atoms with Gasteiger partial charge in [0.15, 0.2) is 0 Å². The van der Waals surface area contributed by atoms with Crippen LogP contribution in [0, 0.1) is 0 Å². The zero-order chi connectivity index (χ0) is 18.0. The third-order valence-corrected chi connectivity index (χ3v) is 4.39. The average molecular weight is 343 g/mol. The van der Waals surface area contributed by atoms with Gasteiger partial charge in [0.25, 0.3) is 5.91 Å². The lowest BCUT2D eigenvalue weighted by atomic mass is 10.1. The number of carbonyl (C=O) groups is 1. The first-order valence-electron chi connectivity index (χ1n) is 8.60. The largest absolute Gasteiger partial charge is 0.408 e. The molecule has 2 heterocycles. The van der Waals surface area contributed by atoms with E-state index in [0.29, 0.717) is 38.1 Å². The Morgan fingerprint density at radius 3 is 2.24 bits per heavy atom. The van der Waals surface area contributed by atoms with Gasteiger partial charge in [-0.05, 0) is 24.3 Å². The van der Waals surface area contributed by atoms with Crippen LogP contribution >= 0.6 is 0 Å². The summed E-state index contributed by atoms with van der Waals surface area (Å²) in [5, 5.41) is 8.19. The van der Waals surface area contributed by atoms with Crippen LogP contribution in [-0.4, -0.2) is 61.3 Å². The Labute approximate surface area is 148 Å². The first kappa shape index (κ1) is 17.3. The van der Waals surface area contributed by atoms with E-state index in [0.717, 1.165) is 11.3 Å². The summed E-state index contributed by atoms with van der Waals surface area (Å²) in [5.41, 5.74) is 1.80. The summed E-state index contributed by atoms with van der Waals surface area (Å²) in [6.45, 7) is 6.73. The number of rotatable bonds is 4. The van der Waals surface area contributed by atoms with Gasteiger partial charge in [-0.3, -0.25) is 4.79 Å². The molecule has 1 aliphatic heterocycles. The molecule has 134 valence electrons. The van der Waals surface area contributed by atoms with E-state index in [1.54, 1.807) is 0 Å². The van der Waals surface area contributed by atoms with Gasteiger partial charge in [-0.25, -0.2) is 0 Å². The van der Waals surface area contributed by atoms with Crippen LogP contribution < -0.4 is 9.80 Å². The Balaban J connectivity index is 1.60. The van der Waals surface area contributed by atoms with Crippen molar-refractivity contribution in [2.75, 3.05) is 50.1 Å². The van der Waals surface area contributed by atoms with Crippen molar-refractivity contribution >= 4 is 17.6 Å². The third kappa shape index (κ3) is 3.75. The fourth-order valence-electron chi connectivity index (χ4n) is 2.77. The fraction of sp³-hybridized carbons (Fsp3) is 0.500. The van der Waals surface area contributed by atoms with Crippen molar-refractivity contribution < 1.29 is 9.21 Å². The highest BCUT2D eigenvalue weighted by atomic mass is 16.4. The number of hydrogen-bond donors (Lipinski definition) is 0. The van der Waals surface area contributed by atoms with Crippen LogP contribution in [0.1, 0.15) is 36.0 Å². The van der Waals surface area contributed by atoms with Crippen LogP contribution in [0.15, 0.2) is 28.7 Å². The predicted molar refractivity (Wildman–Crippen MR) is 97.3 cm³/mol. The van der Waals surface area contributed by atoms with Crippen LogP contribution in [0.3, 0.4) is 0 Å². The van der Waals surface area contributed by atoms with Gasteiger partial charge in [-0.2, -0.15) is 0 Å². The van der Waals surface area contributed by atoms with Crippen molar-refractivity contribution in [1.29, 1.82) is 0 Å². The molecule has 1 fully saturated rings. The lowest BCUT2D eigenvalue weighted by molar-refractivity contribution is 0.0745. The van der Waals surface area contributed by atoms with Gasteiger partial charge < -0.3 is 19.1 Å². The molecule has 0 saturated carbocycles. The zero-order valence-electron chi connectivity index (χ0n) is 15.3. The predicted octanol–water partition coefficient (Wildman–Crippen LogP) is 2.22. The van der Waals surface area contributed by atoms with E-state index in [1.807, 2.05) is 66.9 Å². The Bertz CT molecular complexity index is 715. The summed E-state index contributed by atoms with van der Waals surface area (Å²) in [6.07, 6.45) is 0. The second-order valence-corrected chi connectivity index (χ2v) is 6.80. The van der Waals surface area contributed by atoms with Crippen LogP contribution in [0.5, 0.6) is 0 Å². The molecule has 2 aromatic rings. The minimum absolute atomic E-state index is 0.0679. The Morgan fingerprint density at radius 2 is 1.72 bits per heavy atom. The van der Waals surface area contributed by atoms with E-state index in [1.165, 1.54) is 0 Å². The van der Waals surface area contributed by atoms with E-state index >= 15 is 0 Å². The fourth-order valence-corrected chi connectivity index (χ4v) is 2.77. The Morgan fingerprint density at radius 1 is 1.08 bits per heavy atom. The molecule has 0 bridgehead atoms. The highest BCUT2D eigenvalue weighted by Gasteiger charge is 2.25. The molecule has 1 aromatic carbocycles. The Hall–Kier alpha value is -2.57. The molecule has 1 saturated heterocycles. The van der Waals surface area contributed by atoms with Gasteiger partial charge in [0.05, 0.1) is 0 Å². The molecule has 7 nitrogen and oxygen atoms in total. The molecule has 1 amide bonds. The molecular weight excluding hydrogens is 318 g/mol. The van der Waals surface area contributed by atoms with E-state index in [2.05, 4.69) is 10.2 Å². The van der Waals surface area contributed by atoms with Crippen molar-refractivity contribution in [3.05, 3.63) is 35.7 Å². The molecule has 25 heavy (non-hydrogen) atoms. The first-order valence-corrected chi connectivity index (χ1v) is 8.60. The number of anilines is 2. The number of amides is 1. The summed E-state index contributed by atoms with van der Waals surface area (Å²) in [7, 11) is 3.97. The summed E-state index contributed by atoms with van der Waals surface area (Å²) in [6, 6.07) is 8.25. The summed E-state index contributed by atoms with van der Waals surface area (Å²) < 4.78 is 5.70. The van der Waals surface area contributed by atoms with Crippen LogP contribution in [0.4, 0.5) is 11.7 Å². The van der Waals surface area contributed by atoms with Gasteiger partial charge >= 0.3 is 6.01 Å². The molecule has 0 atom stereocenters. The maximum atomic E-state index is 12.7.